The van der Waals surface area contributed by atoms with E-state index in [9.17, 15) is 9.59 Å². The van der Waals surface area contributed by atoms with Gasteiger partial charge in [-0.1, -0.05) is 44.7 Å². The molecule has 0 radical (unpaired) electrons. The van der Waals surface area contributed by atoms with Crippen molar-refractivity contribution in [1.82, 2.24) is 14.9 Å². The largest absolute Gasteiger partial charge is 0.353 e. The Morgan fingerprint density at radius 3 is 2.56 bits per heavy atom. The Hall–Kier alpha value is -1.82. The van der Waals surface area contributed by atoms with Gasteiger partial charge in [-0.3, -0.25) is 14.2 Å². The number of thioether (sulfide) groups is 1. The minimum absolute atomic E-state index is 0.0322. The smallest absolute Gasteiger partial charge is 0.262 e. The van der Waals surface area contributed by atoms with Crippen LogP contribution in [-0.2, 0) is 4.79 Å². The van der Waals surface area contributed by atoms with Crippen LogP contribution in [0.1, 0.15) is 47.1 Å². The van der Waals surface area contributed by atoms with E-state index in [1.54, 1.807) is 10.6 Å². The van der Waals surface area contributed by atoms with E-state index >= 15 is 0 Å². The van der Waals surface area contributed by atoms with Gasteiger partial charge in [-0.25, -0.2) is 4.98 Å². The number of carbonyl (C=O) groups excluding carboxylic acids is 1. The van der Waals surface area contributed by atoms with E-state index in [1.165, 1.54) is 11.8 Å². The first kappa shape index (κ1) is 19.5. The van der Waals surface area contributed by atoms with Gasteiger partial charge in [-0.05, 0) is 38.3 Å². The molecule has 0 aliphatic carbocycles. The minimum Gasteiger partial charge on any atom is -0.353 e. The molecule has 0 saturated heterocycles. The van der Waals surface area contributed by atoms with Crippen LogP contribution in [0.25, 0.3) is 10.9 Å². The van der Waals surface area contributed by atoms with Crippen molar-refractivity contribution >= 4 is 28.6 Å². The summed E-state index contributed by atoms with van der Waals surface area (Å²) in [7, 11) is 0. The molecule has 25 heavy (non-hydrogen) atoms. The van der Waals surface area contributed by atoms with Gasteiger partial charge in [-0.15, -0.1) is 0 Å². The molecule has 0 aliphatic heterocycles. The zero-order chi connectivity index (χ0) is 18.6. The first-order chi connectivity index (χ1) is 11.8. The van der Waals surface area contributed by atoms with Gasteiger partial charge in [-0.2, -0.15) is 0 Å². The fraction of sp³-hybridized carbons (Fsp3) is 0.526. The highest BCUT2D eigenvalue weighted by atomic mass is 32.2. The van der Waals surface area contributed by atoms with Gasteiger partial charge in [0, 0.05) is 12.1 Å². The van der Waals surface area contributed by atoms with Gasteiger partial charge in [0.05, 0.1) is 16.7 Å². The van der Waals surface area contributed by atoms with E-state index < -0.39 is 0 Å². The maximum atomic E-state index is 12.9. The third kappa shape index (κ3) is 4.63. The van der Waals surface area contributed by atoms with E-state index in [0.717, 1.165) is 6.42 Å². The third-order valence-corrected chi connectivity index (χ3v) is 5.48. The second-order valence-electron chi connectivity index (χ2n) is 6.73. The van der Waals surface area contributed by atoms with E-state index in [-0.39, 0.29) is 29.3 Å². The fourth-order valence-corrected chi connectivity index (χ4v) is 3.30. The first-order valence-electron chi connectivity index (χ1n) is 8.78. The Bertz CT molecular complexity index is 801. The number of nitrogens with one attached hydrogen (secondary N) is 1. The van der Waals surface area contributed by atoms with Crippen molar-refractivity contribution in [2.45, 2.75) is 58.3 Å². The highest BCUT2D eigenvalue weighted by molar-refractivity contribution is 7.99. The summed E-state index contributed by atoms with van der Waals surface area (Å²) in [5.74, 6) is 0.591. The molecular weight excluding hydrogens is 334 g/mol. The van der Waals surface area contributed by atoms with Crippen molar-refractivity contribution in [1.29, 1.82) is 0 Å². The van der Waals surface area contributed by atoms with Gasteiger partial charge in [0.25, 0.3) is 5.56 Å². The number of aromatic nitrogens is 2. The average Bonchev–Trinajstić information content (AvgIpc) is 2.59. The van der Waals surface area contributed by atoms with Crippen LogP contribution >= 0.6 is 11.8 Å². The van der Waals surface area contributed by atoms with Crippen molar-refractivity contribution in [3.8, 4) is 0 Å². The summed E-state index contributed by atoms with van der Waals surface area (Å²) in [5, 5.41) is 4.21. The lowest BCUT2D eigenvalue weighted by atomic mass is 10.1. The summed E-state index contributed by atoms with van der Waals surface area (Å²) in [6, 6.07) is 7.50. The van der Waals surface area contributed by atoms with Crippen molar-refractivity contribution < 1.29 is 4.79 Å². The number of hydrogen-bond acceptors (Lipinski definition) is 4. The topological polar surface area (TPSA) is 64.0 Å². The summed E-state index contributed by atoms with van der Waals surface area (Å²) in [6.07, 6.45) is 0.823. The number of hydrogen-bond donors (Lipinski definition) is 1. The summed E-state index contributed by atoms with van der Waals surface area (Å²) < 4.78 is 1.71. The molecule has 2 rings (SSSR count). The number of fused-ring (bicyclic) bond motifs is 1. The average molecular weight is 362 g/mol. The minimum atomic E-state index is -0.0431. The molecule has 5 nitrogen and oxygen atoms in total. The zero-order valence-electron chi connectivity index (χ0n) is 15.6. The monoisotopic (exact) mass is 361 g/mol. The highest BCUT2D eigenvalue weighted by Crippen LogP contribution is 2.22. The number of amides is 1. The summed E-state index contributed by atoms with van der Waals surface area (Å²) in [6.45, 7) is 10.2. The SMILES string of the molecule is CC[C@@H](C)n1c(SCC(=O)N[C@@H](C)C(C)C)nc2ccccc2c1=O. The van der Waals surface area contributed by atoms with Gasteiger partial charge >= 0.3 is 0 Å². The Labute approximate surface area is 153 Å². The molecule has 0 spiro atoms. The van der Waals surface area contributed by atoms with Crippen LogP contribution < -0.4 is 10.9 Å². The Morgan fingerprint density at radius 2 is 1.92 bits per heavy atom. The van der Waals surface area contributed by atoms with Crippen LogP contribution in [0.15, 0.2) is 34.2 Å². The fourth-order valence-electron chi connectivity index (χ4n) is 2.39. The van der Waals surface area contributed by atoms with Crippen LogP contribution in [-0.4, -0.2) is 27.3 Å². The summed E-state index contributed by atoms with van der Waals surface area (Å²) >= 11 is 1.32. The van der Waals surface area contributed by atoms with E-state index in [2.05, 4.69) is 24.1 Å². The third-order valence-electron chi connectivity index (χ3n) is 4.53. The molecule has 1 amide bonds. The standard InChI is InChI=1S/C19H27N3O2S/c1-6-13(4)22-18(24)15-9-7-8-10-16(15)21-19(22)25-11-17(23)20-14(5)12(2)3/h7-10,12-14H,6,11H2,1-5H3,(H,20,23)/t13-,14+/m1/s1. The summed E-state index contributed by atoms with van der Waals surface area (Å²) in [4.78, 5) is 29.7. The van der Waals surface area contributed by atoms with Crippen LogP contribution in [0.5, 0.6) is 0 Å². The molecule has 0 saturated carbocycles. The maximum Gasteiger partial charge on any atom is 0.262 e. The molecule has 1 aromatic heterocycles. The maximum absolute atomic E-state index is 12.9. The molecule has 0 unspecified atom stereocenters. The predicted molar refractivity (Wildman–Crippen MR) is 104 cm³/mol. The number of nitrogens with zero attached hydrogens (tertiary/aromatic N) is 2. The number of rotatable bonds is 7. The molecule has 1 heterocycles. The first-order valence-corrected chi connectivity index (χ1v) is 9.77. The lowest BCUT2D eigenvalue weighted by Gasteiger charge is -2.19. The molecule has 0 fully saturated rings. The quantitative estimate of drug-likeness (QED) is 0.604. The van der Waals surface area contributed by atoms with Crippen molar-refractivity contribution in [2.75, 3.05) is 5.75 Å². The lowest BCUT2D eigenvalue weighted by molar-refractivity contribution is -0.119. The van der Waals surface area contributed by atoms with Gasteiger partial charge in [0.15, 0.2) is 5.16 Å². The van der Waals surface area contributed by atoms with Crippen molar-refractivity contribution in [2.24, 2.45) is 5.92 Å². The molecule has 1 aromatic carbocycles. The normalized spacial score (nSPS) is 13.8. The van der Waals surface area contributed by atoms with E-state index in [1.807, 2.05) is 39.0 Å². The molecule has 1 N–H and O–H groups in total. The molecular formula is C19H27N3O2S. The van der Waals surface area contributed by atoms with Gasteiger partial charge in [0.2, 0.25) is 5.91 Å². The Balaban J connectivity index is 2.30. The molecule has 136 valence electrons. The second kappa shape index (κ2) is 8.52. The van der Waals surface area contributed by atoms with E-state index in [4.69, 9.17) is 0 Å². The van der Waals surface area contributed by atoms with Gasteiger partial charge < -0.3 is 5.32 Å². The van der Waals surface area contributed by atoms with Crippen LogP contribution in [0, 0.1) is 5.92 Å². The molecule has 2 aromatic rings. The molecule has 2 atom stereocenters. The Kier molecular flexibility index (Phi) is 6.64. The van der Waals surface area contributed by atoms with Gasteiger partial charge in [0.1, 0.15) is 0 Å². The Morgan fingerprint density at radius 1 is 1.24 bits per heavy atom. The number of para-hydroxylation sites is 1. The second-order valence-corrected chi connectivity index (χ2v) is 7.68. The summed E-state index contributed by atoms with van der Waals surface area (Å²) in [5.41, 5.74) is 0.629. The highest BCUT2D eigenvalue weighted by Gasteiger charge is 2.17. The van der Waals surface area contributed by atoms with Crippen LogP contribution in [0.2, 0.25) is 0 Å². The van der Waals surface area contributed by atoms with Crippen LogP contribution in [0.4, 0.5) is 0 Å². The molecule has 6 heteroatoms. The van der Waals surface area contributed by atoms with Crippen molar-refractivity contribution in [3.05, 3.63) is 34.6 Å². The number of carbonyl (C=O) groups is 1. The molecule has 0 aliphatic rings. The van der Waals surface area contributed by atoms with E-state index in [0.29, 0.717) is 22.0 Å². The van der Waals surface area contributed by atoms with Crippen molar-refractivity contribution in [3.63, 3.8) is 0 Å². The lowest BCUT2D eigenvalue weighted by Crippen LogP contribution is -2.37. The predicted octanol–water partition coefficient (Wildman–Crippen LogP) is 3.62. The molecule has 0 bridgehead atoms. The van der Waals surface area contributed by atoms with Crippen LogP contribution in [0.3, 0.4) is 0 Å². The zero-order valence-corrected chi connectivity index (χ0v) is 16.4. The number of benzene rings is 1.